The normalized spacial score (nSPS) is 10.8. The van der Waals surface area contributed by atoms with Crippen LogP contribution in [0.2, 0.25) is 0 Å². The maximum Gasteiger partial charge on any atom is 0.197 e. The Morgan fingerprint density at radius 2 is 2.05 bits per heavy atom. The van der Waals surface area contributed by atoms with Crippen LogP contribution in [0.1, 0.15) is 15.9 Å². The molecule has 0 aliphatic rings. The number of thiophene rings is 1. The lowest BCUT2D eigenvalue weighted by atomic mass is 10.0. The fraction of sp³-hybridized carbons (Fsp3) is 0. The SMILES string of the molecule is O=C(c1cnc2ccsc2c1)c1cccc(F)c1F. The molecule has 2 nitrogen and oxygen atoms in total. The summed E-state index contributed by atoms with van der Waals surface area (Å²) < 4.78 is 27.5. The molecule has 0 bridgehead atoms. The molecule has 0 saturated heterocycles. The van der Waals surface area contributed by atoms with Gasteiger partial charge in [-0.15, -0.1) is 11.3 Å². The number of carbonyl (C=O) groups excluding carboxylic acids is 1. The van der Waals surface area contributed by atoms with E-state index in [2.05, 4.69) is 4.98 Å². The zero-order chi connectivity index (χ0) is 13.4. The second-order valence-corrected chi connectivity index (χ2v) is 4.91. The molecule has 0 aliphatic carbocycles. The zero-order valence-electron chi connectivity index (χ0n) is 9.56. The molecule has 3 rings (SSSR count). The molecule has 0 spiro atoms. The second kappa shape index (κ2) is 4.51. The molecule has 0 N–H and O–H groups in total. The lowest BCUT2D eigenvalue weighted by molar-refractivity contribution is 0.103. The fourth-order valence-corrected chi connectivity index (χ4v) is 2.59. The Kier molecular flexibility index (Phi) is 2.83. The molecule has 5 heteroatoms. The molecular weight excluding hydrogens is 268 g/mol. The second-order valence-electron chi connectivity index (χ2n) is 3.96. The minimum Gasteiger partial charge on any atom is -0.288 e. The summed E-state index contributed by atoms with van der Waals surface area (Å²) in [6.07, 6.45) is 1.38. The van der Waals surface area contributed by atoms with Crippen LogP contribution in [0.25, 0.3) is 10.2 Å². The van der Waals surface area contributed by atoms with Crippen LogP contribution in [0.4, 0.5) is 8.78 Å². The molecule has 0 fully saturated rings. The summed E-state index contributed by atoms with van der Waals surface area (Å²) in [5.41, 5.74) is 0.749. The molecule has 1 aromatic carbocycles. The molecule has 2 heterocycles. The van der Waals surface area contributed by atoms with Gasteiger partial charge < -0.3 is 0 Å². The van der Waals surface area contributed by atoms with E-state index >= 15 is 0 Å². The molecule has 19 heavy (non-hydrogen) atoms. The van der Waals surface area contributed by atoms with Gasteiger partial charge in [-0.3, -0.25) is 9.78 Å². The third-order valence-electron chi connectivity index (χ3n) is 2.76. The standard InChI is InChI=1S/C14H7F2NOS/c15-10-3-1-2-9(13(10)16)14(18)8-6-12-11(17-7-8)4-5-19-12/h1-7H. The summed E-state index contributed by atoms with van der Waals surface area (Å²) in [7, 11) is 0. The Bertz CT molecular complexity index is 782. The van der Waals surface area contributed by atoms with Crippen molar-refractivity contribution >= 4 is 27.3 Å². The highest BCUT2D eigenvalue weighted by atomic mass is 32.1. The predicted octanol–water partition coefficient (Wildman–Crippen LogP) is 3.81. The van der Waals surface area contributed by atoms with Crippen LogP contribution in [-0.2, 0) is 0 Å². The molecule has 0 unspecified atom stereocenters. The highest BCUT2D eigenvalue weighted by Gasteiger charge is 2.17. The predicted molar refractivity (Wildman–Crippen MR) is 69.4 cm³/mol. The van der Waals surface area contributed by atoms with E-state index in [-0.39, 0.29) is 11.1 Å². The molecule has 0 amide bonds. The Balaban J connectivity index is 2.10. The van der Waals surface area contributed by atoms with E-state index in [1.807, 2.05) is 11.4 Å². The van der Waals surface area contributed by atoms with Crippen molar-refractivity contribution in [1.82, 2.24) is 4.98 Å². The van der Waals surface area contributed by atoms with Gasteiger partial charge in [0.05, 0.1) is 15.8 Å². The number of rotatable bonds is 2. The topological polar surface area (TPSA) is 30.0 Å². The molecule has 0 radical (unpaired) electrons. The van der Waals surface area contributed by atoms with Crippen LogP contribution >= 0.6 is 11.3 Å². The summed E-state index contributed by atoms with van der Waals surface area (Å²) in [5, 5.41) is 1.86. The first-order valence-corrected chi connectivity index (χ1v) is 6.37. The van der Waals surface area contributed by atoms with Gasteiger partial charge in [-0.05, 0) is 29.6 Å². The van der Waals surface area contributed by atoms with Crippen molar-refractivity contribution in [2.45, 2.75) is 0 Å². The average Bonchev–Trinajstić information content (AvgIpc) is 2.88. The van der Waals surface area contributed by atoms with Crippen LogP contribution in [0.15, 0.2) is 41.9 Å². The van der Waals surface area contributed by atoms with Crippen molar-refractivity contribution in [3.05, 3.63) is 64.7 Å². The van der Waals surface area contributed by atoms with E-state index < -0.39 is 17.4 Å². The number of hydrogen-bond donors (Lipinski definition) is 0. The van der Waals surface area contributed by atoms with Crippen molar-refractivity contribution in [3.63, 3.8) is 0 Å². The van der Waals surface area contributed by atoms with E-state index in [1.165, 1.54) is 29.7 Å². The summed E-state index contributed by atoms with van der Waals surface area (Å²) in [6, 6.07) is 7.02. The summed E-state index contributed by atoms with van der Waals surface area (Å²) in [6.45, 7) is 0. The summed E-state index contributed by atoms with van der Waals surface area (Å²) >= 11 is 1.44. The Hall–Kier alpha value is -2.14. The Labute approximate surface area is 111 Å². The van der Waals surface area contributed by atoms with Gasteiger partial charge in [0, 0.05) is 11.8 Å². The summed E-state index contributed by atoms with van der Waals surface area (Å²) in [5.74, 6) is -2.73. The number of ketones is 1. The van der Waals surface area contributed by atoms with Crippen LogP contribution in [0, 0.1) is 11.6 Å². The number of fused-ring (bicyclic) bond motifs is 1. The first-order valence-electron chi connectivity index (χ1n) is 5.49. The summed E-state index contributed by atoms with van der Waals surface area (Å²) in [4.78, 5) is 16.3. The van der Waals surface area contributed by atoms with Crippen LogP contribution in [-0.4, -0.2) is 10.8 Å². The van der Waals surface area contributed by atoms with Gasteiger partial charge in [0.2, 0.25) is 0 Å². The van der Waals surface area contributed by atoms with E-state index in [4.69, 9.17) is 0 Å². The van der Waals surface area contributed by atoms with Crippen molar-refractivity contribution in [1.29, 1.82) is 0 Å². The van der Waals surface area contributed by atoms with Gasteiger partial charge in [-0.2, -0.15) is 0 Å². The number of pyridine rings is 1. The lowest BCUT2D eigenvalue weighted by Crippen LogP contribution is -2.06. The van der Waals surface area contributed by atoms with Crippen LogP contribution in [0.5, 0.6) is 0 Å². The van der Waals surface area contributed by atoms with Gasteiger partial charge >= 0.3 is 0 Å². The highest BCUT2D eigenvalue weighted by molar-refractivity contribution is 7.17. The van der Waals surface area contributed by atoms with Crippen molar-refractivity contribution < 1.29 is 13.6 Å². The minimum absolute atomic E-state index is 0.249. The zero-order valence-corrected chi connectivity index (χ0v) is 10.4. The van der Waals surface area contributed by atoms with E-state index in [0.29, 0.717) is 0 Å². The van der Waals surface area contributed by atoms with E-state index in [1.54, 1.807) is 6.07 Å². The number of hydrogen-bond acceptors (Lipinski definition) is 3. The van der Waals surface area contributed by atoms with E-state index in [0.717, 1.165) is 16.3 Å². The quantitative estimate of drug-likeness (QED) is 0.666. The van der Waals surface area contributed by atoms with Gasteiger partial charge in [0.1, 0.15) is 0 Å². The first-order chi connectivity index (χ1) is 9.16. The third-order valence-corrected chi connectivity index (χ3v) is 3.61. The minimum atomic E-state index is -1.13. The average molecular weight is 275 g/mol. The third kappa shape index (κ3) is 2.02. The maximum absolute atomic E-state index is 13.6. The van der Waals surface area contributed by atoms with Gasteiger partial charge in [-0.1, -0.05) is 6.07 Å². The number of aromatic nitrogens is 1. The maximum atomic E-state index is 13.6. The number of benzene rings is 1. The molecule has 0 saturated carbocycles. The molecule has 0 aliphatic heterocycles. The monoisotopic (exact) mass is 275 g/mol. The smallest absolute Gasteiger partial charge is 0.197 e. The molecule has 2 aromatic heterocycles. The molecular formula is C14H7F2NOS. The first kappa shape index (κ1) is 11.9. The van der Waals surface area contributed by atoms with Gasteiger partial charge in [-0.25, -0.2) is 8.78 Å². The van der Waals surface area contributed by atoms with E-state index in [9.17, 15) is 13.6 Å². The van der Waals surface area contributed by atoms with Gasteiger partial charge in [0.25, 0.3) is 0 Å². The molecule has 0 atom stereocenters. The van der Waals surface area contributed by atoms with Crippen molar-refractivity contribution in [2.24, 2.45) is 0 Å². The Morgan fingerprint density at radius 1 is 1.21 bits per heavy atom. The fourth-order valence-electron chi connectivity index (χ4n) is 1.81. The van der Waals surface area contributed by atoms with Crippen LogP contribution < -0.4 is 0 Å². The number of nitrogens with zero attached hydrogens (tertiary/aromatic N) is 1. The largest absolute Gasteiger partial charge is 0.288 e. The van der Waals surface area contributed by atoms with Crippen LogP contribution in [0.3, 0.4) is 0 Å². The molecule has 94 valence electrons. The van der Waals surface area contributed by atoms with Crippen molar-refractivity contribution in [2.75, 3.05) is 0 Å². The van der Waals surface area contributed by atoms with Crippen molar-refractivity contribution in [3.8, 4) is 0 Å². The van der Waals surface area contributed by atoms with Gasteiger partial charge in [0.15, 0.2) is 17.4 Å². The lowest BCUT2D eigenvalue weighted by Gasteiger charge is -2.03. The number of halogens is 2. The number of carbonyl (C=O) groups is 1. The Morgan fingerprint density at radius 3 is 2.89 bits per heavy atom. The highest BCUT2D eigenvalue weighted by Crippen LogP contribution is 2.22. The molecule has 3 aromatic rings.